The van der Waals surface area contributed by atoms with Gasteiger partial charge in [-0.3, -0.25) is 19.0 Å². The number of carbonyl (C=O) groups excluding carboxylic acids is 2. The van der Waals surface area contributed by atoms with Crippen molar-refractivity contribution in [2.75, 3.05) is 25.2 Å². The summed E-state index contributed by atoms with van der Waals surface area (Å²) in [6.45, 7) is 5.95. The third-order valence-electron chi connectivity index (χ3n) is 8.24. The molecular weight excluding hydrogens is 534 g/mol. The number of aliphatic hydroxyl groups is 2. The second-order valence-electron chi connectivity index (χ2n) is 10.7. The first-order valence-electron chi connectivity index (χ1n) is 13.9. The van der Waals surface area contributed by atoms with Crippen LogP contribution in [0.3, 0.4) is 0 Å². The molecule has 0 fully saturated rings. The van der Waals surface area contributed by atoms with Crippen molar-refractivity contribution in [1.82, 2.24) is 9.47 Å². The number of methoxy groups -OCH3 is 1. The molecule has 2 aromatic carbocycles. The van der Waals surface area contributed by atoms with E-state index in [0.717, 1.165) is 11.1 Å². The monoisotopic (exact) mass is 569 g/mol. The number of carbonyl (C=O) groups is 2. The highest BCUT2D eigenvalue weighted by molar-refractivity contribution is 6.07. The highest BCUT2D eigenvalue weighted by Gasteiger charge is 2.52. The van der Waals surface area contributed by atoms with Gasteiger partial charge in [0, 0.05) is 42.9 Å². The van der Waals surface area contributed by atoms with E-state index in [9.17, 15) is 24.6 Å². The van der Waals surface area contributed by atoms with E-state index in [4.69, 9.17) is 4.74 Å². The summed E-state index contributed by atoms with van der Waals surface area (Å²) < 4.78 is 6.57. The largest absolute Gasteiger partial charge is 0.491 e. The minimum atomic E-state index is -1.94. The highest BCUT2D eigenvalue weighted by atomic mass is 16.5. The van der Waals surface area contributed by atoms with Crippen LogP contribution >= 0.6 is 0 Å². The van der Waals surface area contributed by atoms with Crippen molar-refractivity contribution >= 4 is 17.5 Å². The minimum Gasteiger partial charge on any atom is -0.491 e. The van der Waals surface area contributed by atoms with Crippen LogP contribution in [0, 0.1) is 5.92 Å². The van der Waals surface area contributed by atoms with Crippen LogP contribution in [0.5, 0.6) is 5.75 Å². The molecule has 0 unspecified atom stereocenters. The Bertz CT molecular complexity index is 1610. The zero-order chi connectivity index (χ0) is 30.0. The molecule has 9 nitrogen and oxygen atoms in total. The van der Waals surface area contributed by atoms with E-state index in [1.807, 2.05) is 24.3 Å². The molecule has 0 saturated carbocycles. The first-order chi connectivity index (χ1) is 20.2. The van der Waals surface area contributed by atoms with E-state index in [-0.39, 0.29) is 42.8 Å². The second-order valence-corrected chi connectivity index (χ2v) is 10.7. The van der Waals surface area contributed by atoms with Crippen molar-refractivity contribution in [2.24, 2.45) is 5.92 Å². The Labute approximate surface area is 244 Å². The number of nitrogens with zero attached hydrogens (tertiary/aromatic N) is 3. The molecule has 0 radical (unpaired) electrons. The van der Waals surface area contributed by atoms with Gasteiger partial charge in [0.05, 0.1) is 25.4 Å². The quantitative estimate of drug-likeness (QED) is 0.383. The molecule has 42 heavy (non-hydrogen) atoms. The summed E-state index contributed by atoms with van der Waals surface area (Å²) in [4.78, 5) is 42.9. The Morgan fingerprint density at radius 1 is 1.17 bits per heavy atom. The predicted octanol–water partition coefficient (Wildman–Crippen LogP) is 3.09. The molecule has 5 rings (SSSR count). The second kappa shape index (κ2) is 11.8. The first-order valence-corrected chi connectivity index (χ1v) is 13.9. The lowest BCUT2D eigenvalue weighted by Gasteiger charge is -2.36. The molecule has 0 spiro atoms. The van der Waals surface area contributed by atoms with E-state index >= 15 is 0 Å². The zero-order valence-electron chi connectivity index (χ0n) is 23.8. The molecular formula is C33H35N3O6. The third-order valence-corrected chi connectivity index (χ3v) is 8.24. The van der Waals surface area contributed by atoms with Gasteiger partial charge in [-0.2, -0.15) is 0 Å². The Balaban J connectivity index is 1.42. The maximum atomic E-state index is 13.7. The number of pyridine rings is 1. The lowest BCUT2D eigenvalue weighted by molar-refractivity contribution is -0.139. The van der Waals surface area contributed by atoms with E-state index in [1.165, 1.54) is 16.6 Å². The van der Waals surface area contributed by atoms with Gasteiger partial charge < -0.3 is 24.7 Å². The van der Waals surface area contributed by atoms with Crippen molar-refractivity contribution in [3.05, 3.63) is 113 Å². The van der Waals surface area contributed by atoms with Crippen molar-refractivity contribution in [3.63, 3.8) is 0 Å². The van der Waals surface area contributed by atoms with Crippen LogP contribution in [0.4, 0.5) is 5.69 Å². The molecule has 3 aromatic rings. The molecule has 218 valence electrons. The van der Waals surface area contributed by atoms with Crippen molar-refractivity contribution in [2.45, 2.75) is 38.0 Å². The fraction of sp³-hybridized carbons (Fsp3) is 0.303. The number of benzene rings is 2. The van der Waals surface area contributed by atoms with Gasteiger partial charge in [0.2, 0.25) is 5.91 Å². The van der Waals surface area contributed by atoms with Gasteiger partial charge in [-0.05, 0) is 47.9 Å². The fourth-order valence-corrected chi connectivity index (χ4v) is 5.90. The summed E-state index contributed by atoms with van der Waals surface area (Å²) in [7, 11) is 1.42. The molecule has 1 aromatic heterocycles. The van der Waals surface area contributed by atoms with Gasteiger partial charge in [0.1, 0.15) is 0 Å². The summed E-state index contributed by atoms with van der Waals surface area (Å²) >= 11 is 0. The Hall–Kier alpha value is -4.47. The van der Waals surface area contributed by atoms with Gasteiger partial charge in [-0.1, -0.05) is 49.4 Å². The summed E-state index contributed by atoms with van der Waals surface area (Å²) in [5.41, 5.74) is 1.23. The number of ether oxygens (including phenoxy) is 1. The van der Waals surface area contributed by atoms with Crippen LogP contribution in [0.1, 0.15) is 30.0 Å². The van der Waals surface area contributed by atoms with Crippen molar-refractivity contribution in [1.29, 1.82) is 0 Å². The number of aliphatic hydroxyl groups excluding tert-OH is 1. The van der Waals surface area contributed by atoms with Gasteiger partial charge >= 0.3 is 0 Å². The fourth-order valence-electron chi connectivity index (χ4n) is 5.90. The van der Waals surface area contributed by atoms with Gasteiger partial charge in [0.15, 0.2) is 11.4 Å². The SMILES string of the molecule is C=CCN1C(=O)[C@](O)([C@H](C)/C=C/CC(=O)N2Cc3ccccc3C[C@H]2CO)c2cc(-n3cccc(OC)c3=O)ccc21. The predicted molar refractivity (Wildman–Crippen MR) is 160 cm³/mol. The van der Waals surface area contributed by atoms with Crippen LogP contribution in [0.25, 0.3) is 5.69 Å². The summed E-state index contributed by atoms with van der Waals surface area (Å²) in [6.07, 6.45) is 7.16. The highest BCUT2D eigenvalue weighted by Crippen LogP contribution is 2.46. The maximum absolute atomic E-state index is 13.7. The third kappa shape index (κ3) is 4.95. The maximum Gasteiger partial charge on any atom is 0.297 e. The van der Waals surface area contributed by atoms with Crippen LogP contribution in [-0.2, 0) is 28.2 Å². The number of amides is 2. The average Bonchev–Trinajstić information content (AvgIpc) is 3.22. The van der Waals surface area contributed by atoms with Gasteiger partial charge in [-0.25, -0.2) is 0 Å². The van der Waals surface area contributed by atoms with Crippen LogP contribution < -0.4 is 15.2 Å². The molecule has 3 atom stereocenters. The zero-order valence-corrected chi connectivity index (χ0v) is 23.8. The molecule has 0 aliphatic carbocycles. The molecule has 2 aliphatic heterocycles. The molecule has 2 amide bonds. The normalized spacial score (nSPS) is 20.4. The standard InChI is InChI=1S/C33H35N3O6/c1-4-16-35-28-15-14-25(34-17-8-12-29(42-3)31(34)39)19-27(28)33(41,32(35)40)22(2)9-7-13-30(38)36-20-24-11-6-5-10-23(24)18-26(36)21-37/h4-12,14-15,17,19,22,26,37,41H,1,13,16,18,20-21H2,2-3H3/b9-7+/t22-,26+,33+/m1/s1. The molecule has 2 N–H and O–H groups in total. The number of hydrogen-bond donors (Lipinski definition) is 2. The van der Waals surface area contributed by atoms with Gasteiger partial charge in [0.25, 0.3) is 11.5 Å². The molecule has 0 bridgehead atoms. The minimum absolute atomic E-state index is 0.0513. The topological polar surface area (TPSA) is 112 Å². The van der Waals surface area contributed by atoms with E-state index in [0.29, 0.717) is 29.9 Å². The lowest BCUT2D eigenvalue weighted by Crippen LogP contribution is -2.46. The molecule has 0 saturated heterocycles. The number of fused-ring (bicyclic) bond motifs is 2. The average molecular weight is 570 g/mol. The number of aromatic nitrogens is 1. The Morgan fingerprint density at radius 3 is 2.64 bits per heavy atom. The number of anilines is 1. The van der Waals surface area contributed by atoms with Crippen molar-refractivity contribution in [3.8, 4) is 11.4 Å². The molecule has 3 heterocycles. The number of hydrogen-bond acceptors (Lipinski definition) is 6. The van der Waals surface area contributed by atoms with Crippen molar-refractivity contribution < 1.29 is 24.5 Å². The van der Waals surface area contributed by atoms with E-state index in [1.54, 1.807) is 66.6 Å². The first kappa shape index (κ1) is 29.0. The Kier molecular flexibility index (Phi) is 8.15. The summed E-state index contributed by atoms with van der Waals surface area (Å²) in [5, 5.41) is 22.0. The summed E-state index contributed by atoms with van der Waals surface area (Å²) in [6, 6.07) is 15.9. The van der Waals surface area contributed by atoms with E-state index < -0.39 is 17.4 Å². The molecule has 9 heteroatoms. The van der Waals surface area contributed by atoms with Crippen LogP contribution in [-0.4, -0.2) is 57.8 Å². The van der Waals surface area contributed by atoms with Crippen LogP contribution in [0.2, 0.25) is 0 Å². The van der Waals surface area contributed by atoms with E-state index in [2.05, 4.69) is 6.58 Å². The Morgan fingerprint density at radius 2 is 1.93 bits per heavy atom. The number of rotatable bonds is 9. The summed E-state index contributed by atoms with van der Waals surface area (Å²) in [5.74, 6) is -1.20. The lowest BCUT2D eigenvalue weighted by atomic mass is 9.82. The van der Waals surface area contributed by atoms with Crippen LogP contribution in [0.15, 0.2) is 90.4 Å². The smallest absolute Gasteiger partial charge is 0.297 e. The molecule has 2 aliphatic rings. The van der Waals surface area contributed by atoms with Gasteiger partial charge in [-0.15, -0.1) is 6.58 Å².